The summed E-state index contributed by atoms with van der Waals surface area (Å²) < 4.78 is 29.4. The maximum Gasteiger partial charge on any atom is 0.412 e. The fourth-order valence-electron chi connectivity index (χ4n) is 3.58. The van der Waals surface area contributed by atoms with E-state index in [1.165, 1.54) is 4.90 Å². The molecule has 2 aliphatic rings. The zero-order chi connectivity index (χ0) is 20.1. The van der Waals surface area contributed by atoms with Crippen LogP contribution < -0.4 is 0 Å². The van der Waals surface area contributed by atoms with E-state index in [1.807, 2.05) is 0 Å². The van der Waals surface area contributed by atoms with Crippen LogP contribution in [0.1, 0.15) is 13.3 Å². The zero-order valence-electron chi connectivity index (χ0n) is 17.4. The summed E-state index contributed by atoms with van der Waals surface area (Å²) in [4.78, 5) is 1.41. The Morgan fingerprint density at radius 3 is 2.32 bits per heavy atom. The molecular weight excluding hydrogens is 376 g/mol. The summed E-state index contributed by atoms with van der Waals surface area (Å²) >= 11 is 0. The second kappa shape index (κ2) is 9.28. The molecule has 0 aliphatic carbocycles. The molecule has 5 nitrogen and oxygen atoms in total. The van der Waals surface area contributed by atoms with E-state index in [4.69, 9.17) is 23.7 Å². The average Bonchev–Trinajstić information content (AvgIpc) is 2.72. The summed E-state index contributed by atoms with van der Waals surface area (Å²) in [5.74, 6) is 1.39. The van der Waals surface area contributed by atoms with Crippen molar-refractivity contribution in [2.24, 2.45) is 11.3 Å². The lowest BCUT2D eigenvalue weighted by Gasteiger charge is -2.47. The van der Waals surface area contributed by atoms with E-state index in [9.17, 15) is 0 Å². The second-order valence-electron chi connectivity index (χ2n) is 8.24. The van der Waals surface area contributed by atoms with Gasteiger partial charge in [0.05, 0.1) is 39.6 Å². The van der Waals surface area contributed by atoms with Crippen LogP contribution in [0.2, 0.25) is 0 Å². The summed E-state index contributed by atoms with van der Waals surface area (Å²) in [6.07, 6.45) is 6.00. The van der Waals surface area contributed by atoms with Gasteiger partial charge in [-0.25, -0.2) is 10.0 Å². The van der Waals surface area contributed by atoms with Crippen molar-refractivity contribution in [3.8, 4) is 0 Å². The highest BCUT2D eigenvalue weighted by Crippen LogP contribution is 2.51. The van der Waals surface area contributed by atoms with E-state index >= 15 is 0 Å². The lowest BCUT2D eigenvalue weighted by Crippen LogP contribution is -2.57. The predicted octanol–water partition coefficient (Wildman–Crippen LogP) is 4.03. The predicted molar refractivity (Wildman–Crippen MR) is 113 cm³/mol. The molecule has 3 rings (SSSR count). The van der Waals surface area contributed by atoms with Crippen molar-refractivity contribution in [2.75, 3.05) is 57.9 Å². The van der Waals surface area contributed by atoms with Crippen molar-refractivity contribution in [1.82, 2.24) is 0 Å². The van der Waals surface area contributed by atoms with Crippen molar-refractivity contribution >= 4 is 10.0 Å². The van der Waals surface area contributed by atoms with Crippen LogP contribution in [0.25, 0.3) is 0 Å². The van der Waals surface area contributed by atoms with Crippen molar-refractivity contribution in [3.05, 3.63) is 43.0 Å². The van der Waals surface area contributed by atoms with Crippen LogP contribution in [0.4, 0.5) is 0 Å². The third-order valence-electron chi connectivity index (χ3n) is 5.53. The van der Waals surface area contributed by atoms with Gasteiger partial charge in [0.15, 0.2) is 0 Å². The van der Waals surface area contributed by atoms with Gasteiger partial charge >= 0.3 is 6.16 Å². The standard InChI is InChI=1S/C22H34O5S/c1-5-12-23-16-21(6-2)17-26-22(27-18-21)24-13-19(14-25-22)15-28(3,4)20-10-8-7-9-11-20/h5,7-11,19H,1,6,12-18H2,2-4H3. The van der Waals surface area contributed by atoms with Gasteiger partial charge in [0.2, 0.25) is 0 Å². The van der Waals surface area contributed by atoms with Crippen LogP contribution in [0, 0.1) is 11.3 Å². The summed E-state index contributed by atoms with van der Waals surface area (Å²) in [6.45, 7) is 9.05. The van der Waals surface area contributed by atoms with Gasteiger partial charge in [0, 0.05) is 11.3 Å². The van der Waals surface area contributed by atoms with Gasteiger partial charge in [0.25, 0.3) is 0 Å². The smallest absolute Gasteiger partial charge is 0.377 e. The van der Waals surface area contributed by atoms with Gasteiger partial charge in [0.1, 0.15) is 0 Å². The maximum absolute atomic E-state index is 5.95. The molecule has 0 saturated carbocycles. The van der Waals surface area contributed by atoms with Crippen LogP contribution in [0.15, 0.2) is 47.9 Å². The lowest BCUT2D eigenvalue weighted by molar-refractivity contribution is -0.541. The molecule has 2 saturated heterocycles. The summed E-state index contributed by atoms with van der Waals surface area (Å²) in [6, 6.07) is 10.7. The van der Waals surface area contributed by atoms with E-state index in [0.29, 0.717) is 45.6 Å². The van der Waals surface area contributed by atoms with E-state index in [0.717, 1.165) is 12.2 Å². The van der Waals surface area contributed by atoms with Crippen molar-refractivity contribution in [2.45, 2.75) is 24.4 Å². The number of benzene rings is 1. The van der Waals surface area contributed by atoms with Crippen molar-refractivity contribution in [1.29, 1.82) is 0 Å². The molecule has 0 radical (unpaired) electrons. The monoisotopic (exact) mass is 410 g/mol. The molecule has 0 amide bonds. The average molecular weight is 411 g/mol. The first-order valence-corrected chi connectivity index (χ1v) is 12.5. The highest BCUT2D eigenvalue weighted by molar-refractivity contribution is 8.32. The molecule has 2 fully saturated rings. The normalized spacial score (nSPS) is 31.6. The molecule has 28 heavy (non-hydrogen) atoms. The molecule has 2 heterocycles. The topological polar surface area (TPSA) is 46.2 Å². The van der Waals surface area contributed by atoms with Gasteiger partial charge < -0.3 is 23.7 Å². The summed E-state index contributed by atoms with van der Waals surface area (Å²) in [5, 5.41) is 0. The van der Waals surface area contributed by atoms with E-state index in [2.05, 4.69) is 56.3 Å². The molecule has 0 aromatic heterocycles. The molecule has 1 spiro atoms. The summed E-state index contributed by atoms with van der Waals surface area (Å²) in [7, 11) is -0.904. The van der Waals surface area contributed by atoms with Crippen molar-refractivity contribution in [3.63, 3.8) is 0 Å². The van der Waals surface area contributed by atoms with Gasteiger partial charge in [-0.2, -0.15) is 0 Å². The Hall–Kier alpha value is -0.890. The molecule has 0 N–H and O–H groups in total. The Morgan fingerprint density at radius 1 is 1.11 bits per heavy atom. The molecule has 1 aromatic rings. The SMILES string of the molecule is C=CCOCC1(CC)COC2(OCC(CS(C)(C)c3ccccc3)CO2)OC1. The minimum Gasteiger partial charge on any atom is -0.377 e. The molecule has 158 valence electrons. The van der Waals surface area contributed by atoms with E-state index in [-0.39, 0.29) is 5.41 Å². The lowest BCUT2D eigenvalue weighted by atomic mass is 9.87. The molecule has 0 atom stereocenters. The van der Waals surface area contributed by atoms with Crippen molar-refractivity contribution < 1.29 is 23.7 Å². The van der Waals surface area contributed by atoms with Crippen LogP contribution in [-0.2, 0) is 23.7 Å². The summed E-state index contributed by atoms with van der Waals surface area (Å²) in [5.41, 5.74) is -0.169. The first kappa shape index (κ1) is 21.8. The van der Waals surface area contributed by atoms with Gasteiger partial charge in [-0.05, 0) is 29.6 Å². The number of rotatable bonds is 8. The number of hydrogen-bond acceptors (Lipinski definition) is 5. The fourth-order valence-corrected chi connectivity index (χ4v) is 6.04. The van der Waals surface area contributed by atoms with Gasteiger partial charge in [-0.3, -0.25) is 0 Å². The van der Waals surface area contributed by atoms with Crippen LogP contribution >= 0.6 is 10.0 Å². The van der Waals surface area contributed by atoms with Crippen LogP contribution in [0.5, 0.6) is 0 Å². The largest absolute Gasteiger partial charge is 0.412 e. The van der Waals surface area contributed by atoms with Crippen LogP contribution in [-0.4, -0.2) is 64.1 Å². The maximum atomic E-state index is 5.95. The third kappa shape index (κ3) is 5.17. The van der Waals surface area contributed by atoms with Crippen LogP contribution in [0.3, 0.4) is 0 Å². The van der Waals surface area contributed by atoms with Gasteiger partial charge in [-0.15, -0.1) is 6.58 Å². The molecule has 0 bridgehead atoms. The Labute approximate surface area is 170 Å². The third-order valence-corrected chi connectivity index (χ3v) is 8.38. The zero-order valence-corrected chi connectivity index (χ0v) is 18.2. The number of hydrogen-bond donors (Lipinski definition) is 0. The Morgan fingerprint density at radius 2 is 1.75 bits per heavy atom. The van der Waals surface area contributed by atoms with E-state index in [1.54, 1.807) is 6.08 Å². The van der Waals surface area contributed by atoms with E-state index < -0.39 is 16.2 Å². The molecular formula is C22H34O5S. The second-order valence-corrected chi connectivity index (χ2v) is 12.1. The first-order valence-electron chi connectivity index (χ1n) is 9.93. The Balaban J connectivity index is 1.51. The minimum absolute atomic E-state index is 0.169. The highest BCUT2D eigenvalue weighted by atomic mass is 32.3. The molecule has 1 aromatic carbocycles. The first-order chi connectivity index (χ1) is 13.4. The molecule has 0 unspecified atom stereocenters. The highest BCUT2D eigenvalue weighted by Gasteiger charge is 2.49. The number of ether oxygens (including phenoxy) is 5. The quantitative estimate of drug-likeness (QED) is 0.478. The van der Waals surface area contributed by atoms with Gasteiger partial charge in [-0.1, -0.05) is 43.3 Å². The molecule has 2 aliphatic heterocycles. The Bertz CT molecular complexity index is 615. The molecule has 6 heteroatoms. The Kier molecular flexibility index (Phi) is 7.23. The minimum atomic E-state index is -1.35. The fraction of sp³-hybridized carbons (Fsp3) is 0.636.